The largest absolute Gasteiger partial charge is 0.384 e. The zero-order valence-corrected chi connectivity index (χ0v) is 13.4. The average molecular weight is 314 g/mol. The Bertz CT molecular complexity index is 360. The quantitative estimate of drug-likeness (QED) is 0.865. The molecular weight excluding hydrogens is 290 g/mol. The van der Waals surface area contributed by atoms with Gasteiger partial charge in [-0.1, -0.05) is 28.1 Å². The van der Waals surface area contributed by atoms with Crippen LogP contribution in [0.25, 0.3) is 0 Å². The van der Waals surface area contributed by atoms with Crippen LogP contribution in [0.2, 0.25) is 0 Å². The molecule has 1 aromatic carbocycles. The van der Waals surface area contributed by atoms with Crippen molar-refractivity contribution in [3.63, 3.8) is 0 Å². The lowest BCUT2D eigenvalue weighted by Crippen LogP contribution is -2.40. The van der Waals surface area contributed by atoms with Gasteiger partial charge in [0.15, 0.2) is 0 Å². The third kappa shape index (κ3) is 6.53. The molecule has 0 aliphatic heterocycles. The summed E-state index contributed by atoms with van der Waals surface area (Å²) in [4.78, 5) is 0. The summed E-state index contributed by atoms with van der Waals surface area (Å²) in [6.45, 7) is 8.33. The van der Waals surface area contributed by atoms with Gasteiger partial charge in [-0.05, 0) is 50.8 Å². The highest BCUT2D eigenvalue weighted by atomic mass is 79.9. The predicted octanol–water partition coefficient (Wildman–Crippen LogP) is 3.64. The van der Waals surface area contributed by atoms with Crippen LogP contribution in [-0.2, 0) is 11.2 Å². The molecule has 0 saturated carbocycles. The fourth-order valence-corrected chi connectivity index (χ4v) is 2.32. The van der Waals surface area contributed by atoms with Crippen molar-refractivity contribution >= 4 is 15.9 Å². The minimum Gasteiger partial charge on any atom is -0.384 e. The predicted molar refractivity (Wildman–Crippen MR) is 81.0 cm³/mol. The summed E-state index contributed by atoms with van der Waals surface area (Å²) >= 11 is 3.51. The number of hydrogen-bond acceptors (Lipinski definition) is 2. The van der Waals surface area contributed by atoms with Gasteiger partial charge in [0.05, 0.1) is 6.61 Å². The fraction of sp³-hybridized carbons (Fsp3) is 0.600. The molecule has 0 aromatic heterocycles. The molecule has 0 fully saturated rings. The molecule has 18 heavy (non-hydrogen) atoms. The highest BCUT2D eigenvalue weighted by molar-refractivity contribution is 9.10. The van der Waals surface area contributed by atoms with E-state index < -0.39 is 0 Å². The highest BCUT2D eigenvalue weighted by Gasteiger charge is 2.14. The van der Waals surface area contributed by atoms with Gasteiger partial charge in [-0.15, -0.1) is 0 Å². The van der Waals surface area contributed by atoms with Gasteiger partial charge in [-0.25, -0.2) is 0 Å². The number of benzene rings is 1. The van der Waals surface area contributed by atoms with E-state index in [-0.39, 0.29) is 5.54 Å². The topological polar surface area (TPSA) is 21.3 Å². The molecule has 1 rings (SSSR count). The van der Waals surface area contributed by atoms with Gasteiger partial charge in [0.2, 0.25) is 0 Å². The number of rotatable bonds is 6. The second-order valence-electron chi connectivity index (χ2n) is 5.79. The molecule has 0 radical (unpaired) electrons. The van der Waals surface area contributed by atoms with Crippen molar-refractivity contribution in [2.24, 2.45) is 5.92 Å². The average Bonchev–Trinajstić information content (AvgIpc) is 2.25. The Kier molecular flexibility index (Phi) is 6.33. The number of methoxy groups -OCH3 is 1. The van der Waals surface area contributed by atoms with E-state index in [9.17, 15) is 0 Å². The van der Waals surface area contributed by atoms with Crippen LogP contribution >= 0.6 is 15.9 Å². The summed E-state index contributed by atoms with van der Waals surface area (Å²) in [5.41, 5.74) is 1.51. The molecule has 2 nitrogen and oxygen atoms in total. The molecular formula is C15H24BrNO. The molecule has 1 atom stereocenters. The number of nitrogens with one attached hydrogen (secondary N) is 1. The fourth-order valence-electron chi connectivity index (χ4n) is 1.87. The van der Waals surface area contributed by atoms with Crippen molar-refractivity contribution in [1.82, 2.24) is 5.32 Å². The zero-order chi connectivity index (χ0) is 13.6. The summed E-state index contributed by atoms with van der Waals surface area (Å²) in [7, 11) is 1.77. The van der Waals surface area contributed by atoms with Crippen LogP contribution in [0.4, 0.5) is 0 Å². The van der Waals surface area contributed by atoms with E-state index in [1.165, 1.54) is 5.56 Å². The van der Waals surface area contributed by atoms with Crippen molar-refractivity contribution < 1.29 is 4.74 Å². The van der Waals surface area contributed by atoms with E-state index in [0.717, 1.165) is 24.0 Å². The van der Waals surface area contributed by atoms with Crippen molar-refractivity contribution in [3.05, 3.63) is 34.3 Å². The van der Waals surface area contributed by atoms with Gasteiger partial charge in [0.25, 0.3) is 0 Å². The summed E-state index contributed by atoms with van der Waals surface area (Å²) in [6.07, 6.45) is 1.04. The van der Waals surface area contributed by atoms with E-state index in [1.807, 2.05) is 0 Å². The first-order valence-corrected chi connectivity index (χ1v) is 7.18. The highest BCUT2D eigenvalue weighted by Crippen LogP contribution is 2.15. The van der Waals surface area contributed by atoms with Gasteiger partial charge in [0, 0.05) is 23.7 Å². The molecule has 0 spiro atoms. The monoisotopic (exact) mass is 313 g/mol. The SMILES string of the molecule is COCC(CNC(C)(C)C)Cc1cccc(Br)c1. The third-order valence-electron chi connectivity index (χ3n) is 2.74. The van der Waals surface area contributed by atoms with Crippen LogP contribution < -0.4 is 5.32 Å². The minimum atomic E-state index is 0.156. The molecule has 0 bridgehead atoms. The Morgan fingerprint density at radius 1 is 1.33 bits per heavy atom. The maximum Gasteiger partial charge on any atom is 0.0505 e. The Hall–Kier alpha value is -0.380. The Morgan fingerprint density at radius 2 is 2.06 bits per heavy atom. The first-order chi connectivity index (χ1) is 8.40. The van der Waals surface area contributed by atoms with E-state index in [1.54, 1.807) is 7.11 Å². The van der Waals surface area contributed by atoms with E-state index in [2.05, 4.69) is 66.3 Å². The maximum atomic E-state index is 5.32. The standard InChI is InChI=1S/C15H24BrNO/c1-15(2,3)17-10-13(11-18-4)8-12-6-5-7-14(16)9-12/h5-7,9,13,17H,8,10-11H2,1-4H3. The van der Waals surface area contributed by atoms with Crippen LogP contribution in [0, 0.1) is 5.92 Å². The van der Waals surface area contributed by atoms with Crippen molar-refractivity contribution in [2.75, 3.05) is 20.3 Å². The summed E-state index contributed by atoms with van der Waals surface area (Å²) in [5, 5.41) is 3.55. The molecule has 1 aromatic rings. The zero-order valence-electron chi connectivity index (χ0n) is 11.8. The Balaban J connectivity index is 2.57. The third-order valence-corrected chi connectivity index (χ3v) is 3.23. The van der Waals surface area contributed by atoms with Crippen LogP contribution in [0.3, 0.4) is 0 Å². The van der Waals surface area contributed by atoms with Crippen LogP contribution in [0.1, 0.15) is 26.3 Å². The Labute approximate surface area is 119 Å². The maximum absolute atomic E-state index is 5.32. The molecule has 0 aliphatic carbocycles. The minimum absolute atomic E-state index is 0.156. The van der Waals surface area contributed by atoms with Gasteiger partial charge in [-0.2, -0.15) is 0 Å². The molecule has 0 amide bonds. The van der Waals surface area contributed by atoms with Crippen LogP contribution in [-0.4, -0.2) is 25.8 Å². The summed E-state index contributed by atoms with van der Waals surface area (Å²) in [5.74, 6) is 0.503. The van der Waals surface area contributed by atoms with Gasteiger partial charge in [-0.3, -0.25) is 0 Å². The lowest BCUT2D eigenvalue weighted by molar-refractivity contribution is 0.146. The van der Waals surface area contributed by atoms with Crippen LogP contribution in [0.5, 0.6) is 0 Å². The smallest absolute Gasteiger partial charge is 0.0505 e. The molecule has 3 heteroatoms. The van der Waals surface area contributed by atoms with Gasteiger partial charge in [0.1, 0.15) is 0 Å². The normalized spacial score (nSPS) is 13.6. The molecule has 0 heterocycles. The number of halogens is 1. The molecule has 0 saturated heterocycles. The Morgan fingerprint density at radius 3 is 2.61 bits per heavy atom. The van der Waals surface area contributed by atoms with Gasteiger partial charge < -0.3 is 10.1 Å². The summed E-state index contributed by atoms with van der Waals surface area (Å²) < 4.78 is 6.46. The number of ether oxygens (including phenoxy) is 1. The first kappa shape index (κ1) is 15.7. The second-order valence-corrected chi connectivity index (χ2v) is 6.70. The second kappa shape index (κ2) is 7.27. The molecule has 102 valence electrons. The van der Waals surface area contributed by atoms with Gasteiger partial charge >= 0.3 is 0 Å². The van der Waals surface area contributed by atoms with Crippen molar-refractivity contribution in [3.8, 4) is 0 Å². The van der Waals surface area contributed by atoms with Crippen molar-refractivity contribution in [1.29, 1.82) is 0 Å². The molecule has 1 N–H and O–H groups in total. The first-order valence-electron chi connectivity index (χ1n) is 6.39. The lowest BCUT2D eigenvalue weighted by Gasteiger charge is -2.25. The molecule has 0 aliphatic rings. The van der Waals surface area contributed by atoms with Crippen LogP contribution in [0.15, 0.2) is 28.7 Å². The van der Waals surface area contributed by atoms with Crippen molar-refractivity contribution in [2.45, 2.75) is 32.7 Å². The van der Waals surface area contributed by atoms with E-state index in [0.29, 0.717) is 5.92 Å². The van der Waals surface area contributed by atoms with E-state index >= 15 is 0 Å². The lowest BCUT2D eigenvalue weighted by atomic mass is 9.98. The number of hydrogen-bond donors (Lipinski definition) is 1. The molecule has 1 unspecified atom stereocenters. The summed E-state index contributed by atoms with van der Waals surface area (Å²) in [6, 6.07) is 8.49. The van der Waals surface area contributed by atoms with E-state index in [4.69, 9.17) is 4.74 Å².